The zero-order chi connectivity index (χ0) is 13.0. The number of pyridine rings is 1. The van der Waals surface area contributed by atoms with Gasteiger partial charge in [0.2, 0.25) is 0 Å². The molecule has 1 atom stereocenters. The highest BCUT2D eigenvalue weighted by molar-refractivity contribution is 5.81. The van der Waals surface area contributed by atoms with Gasteiger partial charge in [-0.05, 0) is 32.4 Å². The van der Waals surface area contributed by atoms with Crippen molar-refractivity contribution in [1.29, 1.82) is 0 Å². The Morgan fingerprint density at radius 2 is 2.17 bits per heavy atom. The van der Waals surface area contributed by atoms with E-state index in [9.17, 15) is 9.59 Å². The third kappa shape index (κ3) is 3.07. The Kier molecular flexibility index (Phi) is 4.31. The minimum atomic E-state index is 0.0221. The monoisotopic (exact) mass is 248 g/mol. The minimum Gasteiger partial charge on any atom is -0.314 e. The lowest BCUT2D eigenvalue weighted by Gasteiger charge is -2.34. The Balaban J connectivity index is 1.98. The average Bonchev–Trinajstić information content (AvgIpc) is 2.38. The van der Waals surface area contributed by atoms with E-state index in [1.54, 1.807) is 29.8 Å². The zero-order valence-electron chi connectivity index (χ0n) is 10.8. The second-order valence-corrected chi connectivity index (χ2v) is 4.89. The maximum atomic E-state index is 11.6. The fraction of sp³-hybridized carbons (Fsp3) is 0.571. The molecule has 18 heavy (non-hydrogen) atoms. The van der Waals surface area contributed by atoms with Gasteiger partial charge in [0.25, 0.3) is 5.56 Å². The highest BCUT2D eigenvalue weighted by atomic mass is 16.1. The quantitative estimate of drug-likeness (QED) is 0.806. The van der Waals surface area contributed by atoms with Crippen molar-refractivity contribution in [2.24, 2.45) is 0 Å². The maximum Gasteiger partial charge on any atom is 0.250 e. The summed E-state index contributed by atoms with van der Waals surface area (Å²) < 4.78 is 1.70. The fourth-order valence-corrected chi connectivity index (χ4v) is 2.60. The lowest BCUT2D eigenvalue weighted by atomic mass is 9.99. The van der Waals surface area contributed by atoms with Gasteiger partial charge in [-0.3, -0.25) is 14.5 Å². The van der Waals surface area contributed by atoms with Crippen LogP contribution in [0, 0.1) is 0 Å². The van der Waals surface area contributed by atoms with E-state index in [4.69, 9.17) is 0 Å². The lowest BCUT2D eigenvalue weighted by Crippen LogP contribution is -2.45. The second kappa shape index (κ2) is 5.96. The smallest absolute Gasteiger partial charge is 0.250 e. The number of hydrogen-bond acceptors (Lipinski definition) is 3. The van der Waals surface area contributed by atoms with Crippen molar-refractivity contribution in [2.45, 2.75) is 38.8 Å². The molecule has 1 aliphatic rings. The number of rotatable bonds is 4. The molecule has 4 heteroatoms. The summed E-state index contributed by atoms with van der Waals surface area (Å²) in [4.78, 5) is 25.4. The van der Waals surface area contributed by atoms with Crippen molar-refractivity contribution in [2.75, 3.05) is 13.1 Å². The molecule has 98 valence electrons. The molecule has 0 radical (unpaired) electrons. The van der Waals surface area contributed by atoms with E-state index in [1.165, 1.54) is 0 Å². The van der Waals surface area contributed by atoms with Crippen LogP contribution in [0.1, 0.15) is 26.2 Å². The Labute approximate surface area is 107 Å². The van der Waals surface area contributed by atoms with E-state index >= 15 is 0 Å². The Bertz CT molecular complexity index is 467. The van der Waals surface area contributed by atoms with Gasteiger partial charge in [-0.1, -0.05) is 12.5 Å². The summed E-state index contributed by atoms with van der Waals surface area (Å²) in [6, 6.07) is 5.23. The summed E-state index contributed by atoms with van der Waals surface area (Å²) in [5.74, 6) is 0.245. The number of Topliss-reactive ketones (excluding diaryl/α,β-unsaturated/α-hetero) is 1. The lowest BCUT2D eigenvalue weighted by molar-refractivity contribution is -0.123. The summed E-state index contributed by atoms with van der Waals surface area (Å²) in [7, 11) is 0. The first-order chi connectivity index (χ1) is 8.68. The van der Waals surface area contributed by atoms with Gasteiger partial charge in [0.1, 0.15) is 5.78 Å². The fourth-order valence-electron chi connectivity index (χ4n) is 2.60. The third-order valence-corrected chi connectivity index (χ3v) is 3.61. The van der Waals surface area contributed by atoms with Crippen molar-refractivity contribution in [3.05, 3.63) is 34.7 Å². The number of hydrogen-bond donors (Lipinski definition) is 0. The standard InChI is InChI=1S/C14H20N2O2/c1-12(17)13-6-2-4-8-15(13)10-11-16-9-5-3-7-14(16)18/h3,5,7,9,13H,2,4,6,8,10-11H2,1H3. The highest BCUT2D eigenvalue weighted by Gasteiger charge is 2.25. The van der Waals surface area contributed by atoms with Crippen LogP contribution in [0.3, 0.4) is 0 Å². The molecule has 1 aromatic rings. The molecule has 1 unspecified atom stereocenters. The van der Waals surface area contributed by atoms with Crippen LogP contribution in [0.5, 0.6) is 0 Å². The van der Waals surface area contributed by atoms with Gasteiger partial charge in [0.15, 0.2) is 0 Å². The molecule has 0 bridgehead atoms. The van der Waals surface area contributed by atoms with E-state index in [2.05, 4.69) is 4.90 Å². The molecular formula is C14H20N2O2. The molecule has 4 nitrogen and oxygen atoms in total. The van der Waals surface area contributed by atoms with E-state index in [0.717, 1.165) is 32.4 Å². The van der Waals surface area contributed by atoms with Crippen LogP contribution >= 0.6 is 0 Å². The van der Waals surface area contributed by atoms with Gasteiger partial charge in [-0.15, -0.1) is 0 Å². The van der Waals surface area contributed by atoms with Gasteiger partial charge >= 0.3 is 0 Å². The van der Waals surface area contributed by atoms with E-state index < -0.39 is 0 Å². The summed E-state index contributed by atoms with van der Waals surface area (Å²) >= 11 is 0. The first kappa shape index (κ1) is 13.0. The second-order valence-electron chi connectivity index (χ2n) is 4.89. The predicted octanol–water partition coefficient (Wildman–Crippen LogP) is 1.29. The summed E-state index contributed by atoms with van der Waals surface area (Å²) in [5, 5.41) is 0. The van der Waals surface area contributed by atoms with Crippen molar-refractivity contribution < 1.29 is 4.79 Å². The van der Waals surface area contributed by atoms with Crippen LogP contribution in [0.4, 0.5) is 0 Å². The van der Waals surface area contributed by atoms with Crippen molar-refractivity contribution in [3.63, 3.8) is 0 Å². The predicted molar refractivity (Wildman–Crippen MR) is 70.6 cm³/mol. The topological polar surface area (TPSA) is 42.3 Å². The number of piperidine rings is 1. The SMILES string of the molecule is CC(=O)C1CCCCN1CCn1ccccc1=O. The van der Waals surface area contributed by atoms with E-state index in [-0.39, 0.29) is 17.4 Å². The van der Waals surface area contributed by atoms with Crippen molar-refractivity contribution in [3.8, 4) is 0 Å². The molecule has 2 heterocycles. The van der Waals surface area contributed by atoms with Crippen LogP contribution in [-0.4, -0.2) is 34.4 Å². The van der Waals surface area contributed by atoms with Crippen LogP contribution in [0.25, 0.3) is 0 Å². The molecule has 0 saturated carbocycles. The van der Waals surface area contributed by atoms with Crippen molar-refractivity contribution >= 4 is 5.78 Å². The van der Waals surface area contributed by atoms with Gasteiger partial charge in [-0.2, -0.15) is 0 Å². The summed E-state index contributed by atoms with van der Waals surface area (Å²) in [6.07, 6.45) is 5.04. The molecule has 0 spiro atoms. The van der Waals surface area contributed by atoms with Gasteiger partial charge in [0, 0.05) is 25.4 Å². The molecule has 0 amide bonds. The third-order valence-electron chi connectivity index (χ3n) is 3.61. The largest absolute Gasteiger partial charge is 0.314 e. The first-order valence-corrected chi connectivity index (χ1v) is 6.58. The number of aromatic nitrogens is 1. The Morgan fingerprint density at radius 1 is 1.33 bits per heavy atom. The molecule has 2 rings (SSSR count). The molecule has 1 aliphatic heterocycles. The first-order valence-electron chi connectivity index (χ1n) is 6.58. The zero-order valence-corrected chi connectivity index (χ0v) is 10.8. The number of carbonyl (C=O) groups is 1. The minimum absolute atomic E-state index is 0.0221. The number of likely N-dealkylation sites (tertiary alicyclic amines) is 1. The molecule has 1 aromatic heterocycles. The van der Waals surface area contributed by atoms with E-state index in [1.807, 2.05) is 6.07 Å². The maximum absolute atomic E-state index is 11.6. The van der Waals surface area contributed by atoms with E-state index in [0.29, 0.717) is 6.54 Å². The number of nitrogens with zero attached hydrogens (tertiary/aromatic N) is 2. The van der Waals surface area contributed by atoms with Gasteiger partial charge < -0.3 is 4.57 Å². The molecule has 0 N–H and O–H groups in total. The normalized spacial score (nSPS) is 20.8. The molecule has 0 aliphatic carbocycles. The van der Waals surface area contributed by atoms with Crippen LogP contribution < -0.4 is 5.56 Å². The van der Waals surface area contributed by atoms with Crippen LogP contribution in [0.2, 0.25) is 0 Å². The van der Waals surface area contributed by atoms with Crippen LogP contribution in [-0.2, 0) is 11.3 Å². The molecule has 1 fully saturated rings. The summed E-state index contributed by atoms with van der Waals surface area (Å²) in [5.41, 5.74) is 0.0221. The molecule has 0 aromatic carbocycles. The number of carbonyl (C=O) groups excluding carboxylic acids is 1. The molecular weight excluding hydrogens is 228 g/mol. The summed E-state index contributed by atoms with van der Waals surface area (Å²) in [6.45, 7) is 4.06. The Hall–Kier alpha value is -1.42. The highest BCUT2D eigenvalue weighted by Crippen LogP contribution is 2.17. The number of ketones is 1. The van der Waals surface area contributed by atoms with Crippen LogP contribution in [0.15, 0.2) is 29.2 Å². The Morgan fingerprint density at radius 3 is 2.89 bits per heavy atom. The van der Waals surface area contributed by atoms with Gasteiger partial charge in [0.05, 0.1) is 6.04 Å². The molecule has 1 saturated heterocycles. The average molecular weight is 248 g/mol. The van der Waals surface area contributed by atoms with Gasteiger partial charge in [-0.25, -0.2) is 0 Å². The van der Waals surface area contributed by atoms with Crippen molar-refractivity contribution in [1.82, 2.24) is 9.47 Å².